The molecule has 2 heterocycles. The number of hydrogen-bond donors (Lipinski definition) is 2. The molecule has 0 spiro atoms. The summed E-state index contributed by atoms with van der Waals surface area (Å²) in [4.78, 5) is 26.3. The van der Waals surface area contributed by atoms with Crippen molar-refractivity contribution in [3.05, 3.63) is 69.2 Å². The maximum Gasteiger partial charge on any atom is 0.261 e. The van der Waals surface area contributed by atoms with Gasteiger partial charge in [-0.25, -0.2) is 9.98 Å². The first-order valence-electron chi connectivity index (χ1n) is 15.6. The van der Waals surface area contributed by atoms with Crippen molar-refractivity contribution in [3.63, 3.8) is 0 Å². The summed E-state index contributed by atoms with van der Waals surface area (Å²) in [5, 5.41) is 8.03. The first kappa shape index (κ1) is 28.1. The highest BCUT2D eigenvalue weighted by molar-refractivity contribution is 9.10. The van der Waals surface area contributed by atoms with Gasteiger partial charge in [0.2, 0.25) is 0 Å². The highest BCUT2D eigenvalue weighted by Gasteiger charge is 2.83. The molecule has 2 N–H and O–H groups in total. The number of piperazine rings is 1. The number of anilines is 1. The number of guanidine groups is 1. The van der Waals surface area contributed by atoms with Crippen LogP contribution in [0.2, 0.25) is 0 Å². The van der Waals surface area contributed by atoms with E-state index in [2.05, 4.69) is 85.1 Å². The van der Waals surface area contributed by atoms with E-state index in [1.54, 1.807) is 10.9 Å². The van der Waals surface area contributed by atoms with Gasteiger partial charge in [0.15, 0.2) is 5.96 Å². The predicted octanol–water partition coefficient (Wildman–Crippen LogP) is 6.09. The Morgan fingerprint density at radius 3 is 2.50 bits per heavy atom. The smallest absolute Gasteiger partial charge is 0.261 e. The van der Waals surface area contributed by atoms with E-state index in [0.717, 1.165) is 53.4 Å². The Balaban J connectivity index is 1.17. The SMILES string of the molecule is C[C@@H]1CN(C(=NC23C[C@H]4C2[C@@H]([C@@H]3C)C4(C)C)Nc2ccc3c(=O)n([C@H](C)Cc4ccc(Br)cc4)cnc3c2)C[C@H](C)N1. The molecule has 0 radical (unpaired) electrons. The molecule has 3 aliphatic carbocycles. The lowest BCUT2D eigenvalue weighted by Gasteiger charge is -2.84. The van der Waals surface area contributed by atoms with Crippen molar-refractivity contribution in [2.45, 2.75) is 78.0 Å². The van der Waals surface area contributed by atoms with Gasteiger partial charge in [-0.1, -0.05) is 48.8 Å². The van der Waals surface area contributed by atoms with Crippen molar-refractivity contribution in [1.29, 1.82) is 0 Å². The van der Waals surface area contributed by atoms with Gasteiger partial charge in [-0.2, -0.15) is 0 Å². The van der Waals surface area contributed by atoms with Crippen molar-refractivity contribution >= 4 is 38.5 Å². The van der Waals surface area contributed by atoms with Crippen LogP contribution in [0.3, 0.4) is 0 Å². The summed E-state index contributed by atoms with van der Waals surface area (Å²) < 4.78 is 2.81. The van der Waals surface area contributed by atoms with Crippen LogP contribution in [0.15, 0.2) is 63.1 Å². The van der Waals surface area contributed by atoms with Gasteiger partial charge in [0, 0.05) is 41.4 Å². The van der Waals surface area contributed by atoms with Crippen LogP contribution in [0.5, 0.6) is 0 Å². The third kappa shape index (κ3) is 4.27. The number of fused-ring (bicyclic) bond motifs is 1. The standard InChI is InChI=1S/C34H43BrN6O/c1-19-16-40(17-20(2)37-19)32(39-34-15-27-30(34)29(22(34)4)33(27,5)6)38-25-11-12-26-28(14-25)36-18-41(31(26)42)21(3)13-23-7-9-24(35)10-8-23/h7-12,14,18-22,27,29-30,37H,13,15-17H2,1-6H3,(H,38,39)/t19-,20+,21-,22+,27+,29-,30?,34?/m1/s1. The number of hydrogen-bond acceptors (Lipinski definition) is 4. The van der Waals surface area contributed by atoms with Crippen LogP contribution in [-0.2, 0) is 6.42 Å². The maximum atomic E-state index is 13.5. The fourth-order valence-electron chi connectivity index (χ4n) is 9.13. The minimum absolute atomic E-state index is 0.000798. The summed E-state index contributed by atoms with van der Waals surface area (Å²) in [5.41, 5.74) is 3.35. The first-order chi connectivity index (χ1) is 20.0. The number of aromatic nitrogens is 2. The maximum absolute atomic E-state index is 13.5. The van der Waals surface area contributed by atoms with Gasteiger partial charge >= 0.3 is 0 Å². The molecule has 8 heteroatoms. The summed E-state index contributed by atoms with van der Waals surface area (Å²) in [6, 6.07) is 15.0. The lowest BCUT2D eigenvalue weighted by atomic mass is 9.21. The van der Waals surface area contributed by atoms with Gasteiger partial charge in [0.1, 0.15) is 0 Å². The van der Waals surface area contributed by atoms with Crippen molar-refractivity contribution in [1.82, 2.24) is 19.8 Å². The molecule has 0 bridgehead atoms. The molecule has 222 valence electrons. The molecule has 4 fully saturated rings. The molecule has 1 aromatic heterocycles. The summed E-state index contributed by atoms with van der Waals surface area (Å²) in [5.74, 6) is 3.91. The number of benzene rings is 2. The van der Waals surface area contributed by atoms with Crippen molar-refractivity contribution in [2.24, 2.45) is 34.1 Å². The quantitative estimate of drug-likeness (QED) is 0.263. The zero-order valence-corrected chi connectivity index (χ0v) is 27.1. The first-order valence-corrected chi connectivity index (χ1v) is 16.4. The van der Waals surface area contributed by atoms with Crippen molar-refractivity contribution < 1.29 is 0 Å². The van der Waals surface area contributed by atoms with E-state index in [4.69, 9.17) is 9.98 Å². The number of nitrogens with zero attached hydrogens (tertiary/aromatic N) is 4. The Morgan fingerprint density at radius 2 is 1.83 bits per heavy atom. The fraction of sp³-hybridized carbons (Fsp3) is 0.559. The Bertz CT molecular complexity index is 1600. The monoisotopic (exact) mass is 630 g/mol. The zero-order valence-electron chi connectivity index (χ0n) is 25.6. The topological polar surface area (TPSA) is 74.5 Å². The fourth-order valence-corrected chi connectivity index (χ4v) is 9.40. The molecule has 4 aliphatic rings. The summed E-state index contributed by atoms with van der Waals surface area (Å²) in [6.07, 6.45) is 3.66. The van der Waals surface area contributed by atoms with E-state index in [1.165, 1.54) is 12.0 Å². The number of aliphatic imine (C=N–C) groups is 1. The average Bonchev–Trinajstić information content (AvgIpc) is 2.93. The van der Waals surface area contributed by atoms with E-state index in [-0.39, 0.29) is 17.1 Å². The van der Waals surface area contributed by atoms with Crippen molar-refractivity contribution in [2.75, 3.05) is 18.4 Å². The molecule has 3 saturated carbocycles. The van der Waals surface area contributed by atoms with E-state index >= 15 is 0 Å². The van der Waals surface area contributed by atoms with E-state index in [1.807, 2.05) is 30.3 Å². The molecule has 7 nitrogen and oxygen atoms in total. The lowest BCUT2D eigenvalue weighted by molar-refractivity contribution is -0.339. The normalized spacial score (nSPS) is 33.7. The molecule has 1 aliphatic heterocycles. The highest BCUT2D eigenvalue weighted by atomic mass is 79.9. The summed E-state index contributed by atoms with van der Waals surface area (Å²) >= 11 is 3.50. The largest absolute Gasteiger partial charge is 0.340 e. The minimum Gasteiger partial charge on any atom is -0.340 e. The van der Waals surface area contributed by atoms with Gasteiger partial charge in [-0.15, -0.1) is 0 Å². The number of rotatable bonds is 5. The Kier molecular flexibility index (Phi) is 6.63. The van der Waals surface area contributed by atoms with Gasteiger partial charge in [-0.05, 0) is 98.6 Å². The zero-order chi connectivity index (χ0) is 29.6. The van der Waals surface area contributed by atoms with Crippen LogP contribution in [0.25, 0.3) is 10.9 Å². The highest BCUT2D eigenvalue weighted by Crippen LogP contribution is 2.83. The van der Waals surface area contributed by atoms with E-state index in [0.29, 0.717) is 34.3 Å². The lowest BCUT2D eigenvalue weighted by Crippen LogP contribution is -2.85. The molecule has 8 atom stereocenters. The number of nitrogens with one attached hydrogen (secondary N) is 2. The molecular formula is C34H43BrN6O. The molecule has 3 aromatic rings. The second-order valence-corrected chi connectivity index (χ2v) is 15.2. The van der Waals surface area contributed by atoms with Gasteiger partial charge in [0.25, 0.3) is 5.56 Å². The Labute approximate surface area is 257 Å². The second kappa shape index (κ2) is 9.91. The summed E-state index contributed by atoms with van der Waals surface area (Å²) in [6.45, 7) is 15.7. The minimum atomic E-state index is -0.00358. The third-order valence-electron chi connectivity index (χ3n) is 11.2. The second-order valence-electron chi connectivity index (χ2n) is 14.3. The third-order valence-corrected chi connectivity index (χ3v) is 11.7. The van der Waals surface area contributed by atoms with Crippen LogP contribution >= 0.6 is 15.9 Å². The molecule has 42 heavy (non-hydrogen) atoms. The van der Waals surface area contributed by atoms with Crippen LogP contribution in [0.4, 0.5) is 5.69 Å². The van der Waals surface area contributed by atoms with Crippen LogP contribution in [-0.4, -0.2) is 51.1 Å². The van der Waals surface area contributed by atoms with Crippen LogP contribution in [0, 0.1) is 29.1 Å². The van der Waals surface area contributed by atoms with Crippen LogP contribution in [0.1, 0.15) is 59.6 Å². The van der Waals surface area contributed by atoms with E-state index < -0.39 is 0 Å². The molecule has 2 unspecified atom stereocenters. The number of halogens is 1. The Morgan fingerprint density at radius 1 is 1.12 bits per heavy atom. The predicted molar refractivity (Wildman–Crippen MR) is 174 cm³/mol. The molecule has 7 rings (SSSR count). The Hall–Kier alpha value is -2.71. The molecule has 1 saturated heterocycles. The molecular weight excluding hydrogens is 588 g/mol. The molecule has 0 amide bonds. The van der Waals surface area contributed by atoms with Gasteiger partial charge < -0.3 is 15.5 Å². The average molecular weight is 632 g/mol. The summed E-state index contributed by atoms with van der Waals surface area (Å²) in [7, 11) is 0. The van der Waals surface area contributed by atoms with E-state index in [9.17, 15) is 4.79 Å². The van der Waals surface area contributed by atoms with Gasteiger partial charge in [-0.3, -0.25) is 9.36 Å². The van der Waals surface area contributed by atoms with Crippen molar-refractivity contribution in [3.8, 4) is 0 Å². The molecule has 2 aromatic carbocycles. The van der Waals surface area contributed by atoms with Gasteiger partial charge in [0.05, 0.1) is 22.8 Å². The van der Waals surface area contributed by atoms with Crippen LogP contribution < -0.4 is 16.2 Å².